The second kappa shape index (κ2) is 5.91. The average molecular weight is 337 g/mol. The van der Waals surface area contributed by atoms with Gasteiger partial charge < -0.3 is 15.9 Å². The molecule has 1 aromatic carbocycles. The lowest BCUT2D eigenvalue weighted by atomic mass is 9.77. The maximum atomic E-state index is 10.9. The molecule has 1 aliphatic rings. The van der Waals surface area contributed by atoms with Crippen molar-refractivity contribution in [2.24, 2.45) is 11.7 Å². The fraction of sp³-hybridized carbons (Fsp3) is 0.417. The first-order valence-electron chi connectivity index (χ1n) is 5.52. The van der Waals surface area contributed by atoms with Gasteiger partial charge in [-0.05, 0) is 46.8 Å². The van der Waals surface area contributed by atoms with Crippen molar-refractivity contribution in [2.45, 2.75) is 25.3 Å². The minimum Gasteiger partial charge on any atom is -0.506 e. The minimum atomic E-state index is -1.02. The Labute approximate surface area is 120 Å². The summed E-state index contributed by atoms with van der Waals surface area (Å²) >= 11 is 3.15. The number of hydrogen-bond acceptors (Lipinski definition) is 3. The lowest BCUT2D eigenvalue weighted by molar-refractivity contribution is 0.0696. The van der Waals surface area contributed by atoms with Gasteiger partial charge in [0, 0.05) is 11.6 Å². The Morgan fingerprint density at radius 1 is 1.44 bits per heavy atom. The smallest absolute Gasteiger partial charge is 0.335 e. The summed E-state index contributed by atoms with van der Waals surface area (Å²) < 4.78 is 0.377. The zero-order chi connectivity index (χ0) is 12.6. The number of halogens is 2. The van der Waals surface area contributed by atoms with Crippen LogP contribution >= 0.6 is 28.3 Å². The van der Waals surface area contributed by atoms with E-state index >= 15 is 0 Å². The van der Waals surface area contributed by atoms with Crippen LogP contribution in [0.15, 0.2) is 16.6 Å². The van der Waals surface area contributed by atoms with Gasteiger partial charge in [-0.3, -0.25) is 0 Å². The number of aromatic carboxylic acids is 1. The van der Waals surface area contributed by atoms with E-state index in [1.165, 1.54) is 12.1 Å². The molecule has 1 atom stereocenters. The molecule has 0 saturated heterocycles. The van der Waals surface area contributed by atoms with Gasteiger partial charge in [-0.15, -0.1) is 12.4 Å². The molecule has 100 valence electrons. The molecular formula is C12H15BrClNO3. The Bertz CT molecular complexity index is 463. The van der Waals surface area contributed by atoms with Crippen molar-refractivity contribution in [2.75, 3.05) is 0 Å². The lowest BCUT2D eigenvalue weighted by Crippen LogP contribution is -2.27. The highest BCUT2D eigenvalue weighted by Gasteiger charge is 2.28. The molecule has 0 aliphatic heterocycles. The molecule has 0 aromatic heterocycles. The number of carboxylic acid groups (broad SMARTS) is 1. The number of phenols is 1. The summed E-state index contributed by atoms with van der Waals surface area (Å²) in [5, 5.41) is 18.9. The van der Waals surface area contributed by atoms with Crippen LogP contribution in [-0.2, 0) is 0 Å². The van der Waals surface area contributed by atoms with E-state index in [1.807, 2.05) is 0 Å². The Balaban J connectivity index is 0.00000162. The minimum absolute atomic E-state index is 0. The lowest BCUT2D eigenvalue weighted by Gasteiger charge is -2.32. The Kier molecular flexibility index (Phi) is 5.01. The predicted molar refractivity (Wildman–Crippen MR) is 74.3 cm³/mol. The molecule has 2 rings (SSSR count). The average Bonchev–Trinajstić information content (AvgIpc) is 2.18. The Hall–Kier alpha value is -0.780. The van der Waals surface area contributed by atoms with Crippen LogP contribution in [0.4, 0.5) is 0 Å². The van der Waals surface area contributed by atoms with E-state index in [4.69, 9.17) is 10.8 Å². The van der Waals surface area contributed by atoms with Crippen molar-refractivity contribution in [3.05, 3.63) is 27.7 Å². The van der Waals surface area contributed by atoms with Crippen LogP contribution in [0.3, 0.4) is 0 Å². The highest BCUT2D eigenvalue weighted by molar-refractivity contribution is 9.10. The quantitative estimate of drug-likeness (QED) is 0.792. The van der Waals surface area contributed by atoms with Crippen LogP contribution in [0, 0.1) is 5.92 Å². The first-order chi connectivity index (χ1) is 8.00. The fourth-order valence-electron chi connectivity index (χ4n) is 2.05. The zero-order valence-electron chi connectivity index (χ0n) is 9.60. The van der Waals surface area contributed by atoms with Crippen molar-refractivity contribution in [3.63, 3.8) is 0 Å². The summed E-state index contributed by atoms with van der Waals surface area (Å²) in [6, 6.07) is 2.56. The molecule has 0 unspecified atom stereocenters. The maximum Gasteiger partial charge on any atom is 0.335 e. The third-order valence-electron chi connectivity index (χ3n) is 3.36. The third-order valence-corrected chi connectivity index (χ3v) is 3.96. The molecule has 0 spiro atoms. The van der Waals surface area contributed by atoms with E-state index in [2.05, 4.69) is 15.9 Å². The first-order valence-corrected chi connectivity index (χ1v) is 6.31. The van der Waals surface area contributed by atoms with Crippen LogP contribution in [0.1, 0.15) is 41.2 Å². The largest absolute Gasteiger partial charge is 0.506 e. The SMILES string of the molecule is Cl.N[C@@H](c1cc(C(=O)O)cc(Br)c1O)C1CCC1. The summed E-state index contributed by atoms with van der Waals surface area (Å²) in [5.41, 5.74) is 6.72. The van der Waals surface area contributed by atoms with Gasteiger partial charge in [-0.1, -0.05) is 6.42 Å². The summed E-state index contributed by atoms with van der Waals surface area (Å²) in [5.74, 6) is -0.626. The standard InChI is InChI=1S/C12H14BrNO3.ClH/c13-9-5-7(12(16)17)4-8(11(9)15)10(14)6-2-1-3-6;/h4-6,10,15H,1-3,14H2,(H,16,17);1H/t10-;/m1./s1. The van der Waals surface area contributed by atoms with Crippen molar-refractivity contribution in [1.82, 2.24) is 0 Å². The zero-order valence-corrected chi connectivity index (χ0v) is 12.0. The number of hydrogen-bond donors (Lipinski definition) is 3. The summed E-state index contributed by atoms with van der Waals surface area (Å²) in [6.45, 7) is 0. The van der Waals surface area contributed by atoms with Crippen LogP contribution in [0.25, 0.3) is 0 Å². The number of rotatable bonds is 3. The monoisotopic (exact) mass is 335 g/mol. The Morgan fingerprint density at radius 2 is 2.06 bits per heavy atom. The second-order valence-electron chi connectivity index (χ2n) is 4.42. The van der Waals surface area contributed by atoms with Gasteiger partial charge in [-0.2, -0.15) is 0 Å². The summed E-state index contributed by atoms with van der Waals surface area (Å²) in [7, 11) is 0. The highest BCUT2D eigenvalue weighted by Crippen LogP contribution is 2.41. The molecule has 0 heterocycles. The second-order valence-corrected chi connectivity index (χ2v) is 5.27. The van der Waals surface area contributed by atoms with Crippen LogP contribution < -0.4 is 5.73 Å². The van der Waals surface area contributed by atoms with E-state index in [0.717, 1.165) is 19.3 Å². The van der Waals surface area contributed by atoms with Crippen molar-refractivity contribution in [1.29, 1.82) is 0 Å². The molecule has 1 fully saturated rings. The van der Waals surface area contributed by atoms with Crippen LogP contribution in [-0.4, -0.2) is 16.2 Å². The number of carboxylic acids is 1. The molecule has 6 heteroatoms. The van der Waals surface area contributed by atoms with Gasteiger partial charge in [0.05, 0.1) is 10.0 Å². The van der Waals surface area contributed by atoms with E-state index in [1.54, 1.807) is 0 Å². The van der Waals surface area contributed by atoms with Crippen LogP contribution in [0.2, 0.25) is 0 Å². The maximum absolute atomic E-state index is 10.9. The number of aromatic hydroxyl groups is 1. The van der Waals surface area contributed by atoms with Gasteiger partial charge in [0.1, 0.15) is 5.75 Å². The molecule has 1 aromatic rings. The van der Waals surface area contributed by atoms with Crippen molar-refractivity contribution < 1.29 is 15.0 Å². The van der Waals surface area contributed by atoms with Gasteiger partial charge in [-0.25, -0.2) is 4.79 Å². The molecule has 4 N–H and O–H groups in total. The molecule has 18 heavy (non-hydrogen) atoms. The van der Waals surface area contributed by atoms with Gasteiger partial charge in [0.15, 0.2) is 0 Å². The third kappa shape index (κ3) is 2.79. The number of phenolic OH excluding ortho intramolecular Hbond substituents is 1. The number of carbonyl (C=O) groups is 1. The Morgan fingerprint density at radius 3 is 2.50 bits per heavy atom. The van der Waals surface area contributed by atoms with Gasteiger partial charge in [0.2, 0.25) is 0 Å². The molecule has 0 radical (unpaired) electrons. The topological polar surface area (TPSA) is 83.6 Å². The van der Waals surface area contributed by atoms with E-state index < -0.39 is 5.97 Å². The number of benzene rings is 1. The molecule has 1 saturated carbocycles. The molecule has 0 amide bonds. The predicted octanol–water partition coefficient (Wildman–Crippen LogP) is 3.07. The van der Waals surface area contributed by atoms with E-state index in [9.17, 15) is 9.90 Å². The summed E-state index contributed by atoms with van der Waals surface area (Å²) in [6.07, 6.45) is 3.23. The van der Waals surface area contributed by atoms with Crippen molar-refractivity contribution in [3.8, 4) is 5.75 Å². The van der Waals surface area contributed by atoms with E-state index in [0.29, 0.717) is 16.0 Å². The van der Waals surface area contributed by atoms with Gasteiger partial charge in [0.25, 0.3) is 0 Å². The molecule has 0 bridgehead atoms. The summed E-state index contributed by atoms with van der Waals surface area (Å²) in [4.78, 5) is 10.9. The van der Waals surface area contributed by atoms with Crippen molar-refractivity contribution >= 4 is 34.3 Å². The normalized spacial score (nSPS) is 16.6. The highest BCUT2D eigenvalue weighted by atomic mass is 79.9. The number of nitrogens with two attached hydrogens (primary N) is 1. The molecule has 4 nitrogen and oxygen atoms in total. The van der Waals surface area contributed by atoms with E-state index in [-0.39, 0.29) is 29.8 Å². The molecule has 1 aliphatic carbocycles. The van der Waals surface area contributed by atoms with Gasteiger partial charge >= 0.3 is 5.97 Å². The van der Waals surface area contributed by atoms with Crippen LogP contribution in [0.5, 0.6) is 5.75 Å². The first kappa shape index (κ1) is 15.3. The fourth-order valence-corrected chi connectivity index (χ4v) is 2.53. The molecular weight excluding hydrogens is 321 g/mol.